The topological polar surface area (TPSA) is 67.8 Å². The molecule has 22 heavy (non-hydrogen) atoms. The first-order valence-electron chi connectivity index (χ1n) is 8.15. The number of benzene rings is 1. The molecule has 0 aromatic heterocycles. The summed E-state index contributed by atoms with van der Waals surface area (Å²) in [6.45, 7) is 2.20. The lowest BCUT2D eigenvalue weighted by Crippen LogP contribution is -2.42. The molecule has 2 aliphatic carbocycles. The zero-order valence-electron chi connectivity index (χ0n) is 13.0. The summed E-state index contributed by atoms with van der Waals surface area (Å²) in [5.41, 5.74) is 2.59. The fourth-order valence-electron chi connectivity index (χ4n) is 4.86. The molecule has 1 N–H and O–H groups in total. The van der Waals surface area contributed by atoms with Gasteiger partial charge in [-0.2, -0.15) is 10.5 Å². The van der Waals surface area contributed by atoms with Gasteiger partial charge in [0.05, 0.1) is 12.1 Å². The second-order valence-electron chi connectivity index (χ2n) is 7.19. The Morgan fingerprint density at radius 1 is 1.27 bits per heavy atom. The van der Waals surface area contributed by atoms with Gasteiger partial charge in [-0.05, 0) is 72.1 Å². The number of phenols is 1. The lowest BCUT2D eigenvalue weighted by atomic mass is 9.53. The van der Waals surface area contributed by atoms with Crippen LogP contribution in [0.3, 0.4) is 0 Å². The second-order valence-corrected chi connectivity index (χ2v) is 7.19. The number of phenolic OH excluding ortho intramolecular Hbond substituents is 1. The summed E-state index contributed by atoms with van der Waals surface area (Å²) in [6, 6.07) is 10.5. The molecule has 114 valence electrons. The molecule has 3 heteroatoms. The van der Waals surface area contributed by atoms with Gasteiger partial charge in [0.2, 0.25) is 0 Å². The summed E-state index contributed by atoms with van der Waals surface area (Å²) in [5.74, 6) is 1.62. The lowest BCUT2D eigenvalue weighted by molar-refractivity contribution is 0.0380. The van der Waals surface area contributed by atoms with Crippen molar-refractivity contribution in [3.8, 4) is 17.9 Å². The Bertz CT molecular complexity index is 654. The molecule has 0 unspecified atom stereocenters. The number of aromatic hydroxyl groups is 1. The molecule has 1 fully saturated rings. The van der Waals surface area contributed by atoms with Gasteiger partial charge in [0.25, 0.3) is 0 Å². The molecule has 3 nitrogen and oxygen atoms in total. The summed E-state index contributed by atoms with van der Waals surface area (Å²) in [5, 5.41) is 28.2. The van der Waals surface area contributed by atoms with Crippen LogP contribution in [0.4, 0.5) is 0 Å². The third-order valence-electron chi connectivity index (χ3n) is 6.02. The van der Waals surface area contributed by atoms with E-state index in [1.54, 1.807) is 6.07 Å². The van der Waals surface area contributed by atoms with E-state index in [1.165, 1.54) is 11.1 Å². The van der Waals surface area contributed by atoms with E-state index >= 15 is 0 Å². The number of nitrogens with zero attached hydrogens (tertiary/aromatic N) is 2. The van der Waals surface area contributed by atoms with Gasteiger partial charge >= 0.3 is 0 Å². The minimum Gasteiger partial charge on any atom is -0.508 e. The molecule has 0 spiro atoms. The lowest BCUT2D eigenvalue weighted by Gasteiger charge is -2.50. The van der Waals surface area contributed by atoms with Crippen molar-refractivity contribution in [2.24, 2.45) is 17.3 Å². The van der Waals surface area contributed by atoms with Crippen LogP contribution < -0.4 is 0 Å². The zero-order chi connectivity index (χ0) is 15.7. The van der Waals surface area contributed by atoms with E-state index in [1.807, 2.05) is 6.07 Å². The number of rotatable bonds is 2. The van der Waals surface area contributed by atoms with Crippen LogP contribution >= 0.6 is 0 Å². The fourth-order valence-corrected chi connectivity index (χ4v) is 4.86. The van der Waals surface area contributed by atoms with Gasteiger partial charge in [-0.25, -0.2) is 0 Å². The molecule has 4 atom stereocenters. The highest BCUT2D eigenvalue weighted by Gasteiger charge is 2.47. The van der Waals surface area contributed by atoms with E-state index in [9.17, 15) is 15.6 Å². The maximum atomic E-state index is 9.69. The van der Waals surface area contributed by atoms with Crippen molar-refractivity contribution in [3.05, 3.63) is 29.3 Å². The molecule has 1 aromatic carbocycles. The molecule has 0 bridgehead atoms. The highest BCUT2D eigenvalue weighted by Crippen LogP contribution is 2.56. The molecule has 0 aliphatic heterocycles. The van der Waals surface area contributed by atoms with Gasteiger partial charge in [0.1, 0.15) is 5.75 Å². The maximum Gasteiger partial charge on any atom is 0.115 e. The monoisotopic (exact) mass is 294 g/mol. The molecular formula is C19H22N2O. The van der Waals surface area contributed by atoms with Crippen LogP contribution in [0, 0.1) is 39.9 Å². The average molecular weight is 294 g/mol. The van der Waals surface area contributed by atoms with Gasteiger partial charge in [0, 0.05) is 12.8 Å². The Kier molecular flexibility index (Phi) is 3.83. The van der Waals surface area contributed by atoms with E-state index in [0.29, 0.717) is 36.3 Å². The molecule has 3 rings (SSSR count). The van der Waals surface area contributed by atoms with Gasteiger partial charge in [-0.1, -0.05) is 13.0 Å². The van der Waals surface area contributed by atoms with Crippen LogP contribution in [-0.2, 0) is 6.42 Å². The van der Waals surface area contributed by atoms with Crippen molar-refractivity contribution in [2.75, 3.05) is 0 Å². The summed E-state index contributed by atoms with van der Waals surface area (Å²) in [4.78, 5) is 0. The largest absolute Gasteiger partial charge is 0.508 e. The fraction of sp³-hybridized carbons (Fsp3) is 0.579. The predicted molar refractivity (Wildman–Crippen MR) is 83.9 cm³/mol. The molecule has 2 aliphatic rings. The van der Waals surface area contributed by atoms with Gasteiger partial charge in [-0.15, -0.1) is 0 Å². The van der Waals surface area contributed by atoms with Crippen LogP contribution in [-0.4, -0.2) is 5.11 Å². The minimum atomic E-state index is -0.0277. The molecule has 0 amide bonds. The molecule has 0 radical (unpaired) electrons. The molecule has 0 saturated heterocycles. The first-order chi connectivity index (χ1) is 10.6. The second kappa shape index (κ2) is 5.65. The van der Waals surface area contributed by atoms with E-state index in [0.717, 1.165) is 25.7 Å². The van der Waals surface area contributed by atoms with E-state index in [-0.39, 0.29) is 5.41 Å². The average Bonchev–Trinajstić information content (AvgIpc) is 2.50. The minimum absolute atomic E-state index is 0.0277. The number of fused-ring (bicyclic) bond motifs is 3. The molecule has 0 heterocycles. The Hall–Kier alpha value is -2.00. The molecular weight excluding hydrogens is 272 g/mol. The van der Waals surface area contributed by atoms with E-state index < -0.39 is 0 Å². The summed E-state index contributed by atoms with van der Waals surface area (Å²) in [7, 11) is 0. The Balaban J connectivity index is 1.96. The molecule has 1 aromatic rings. The molecule has 1 saturated carbocycles. The van der Waals surface area contributed by atoms with Crippen molar-refractivity contribution in [1.29, 1.82) is 10.5 Å². The van der Waals surface area contributed by atoms with Crippen LogP contribution in [0.1, 0.15) is 56.1 Å². The van der Waals surface area contributed by atoms with Crippen molar-refractivity contribution in [3.63, 3.8) is 0 Å². The predicted octanol–water partition coefficient (Wildman–Crippen LogP) is 4.28. The number of hydrogen-bond donors (Lipinski definition) is 1. The van der Waals surface area contributed by atoms with Gasteiger partial charge in [0.15, 0.2) is 0 Å². The smallest absolute Gasteiger partial charge is 0.115 e. The quantitative estimate of drug-likeness (QED) is 0.885. The first kappa shape index (κ1) is 14.9. The zero-order valence-corrected chi connectivity index (χ0v) is 13.0. The normalized spacial score (nSPS) is 33.1. The standard InChI is InChI=1S/C19H22N2O/c1-19(9-11-21)8-6-16-15-5-3-14(22)12-13(15)2-4-17(16)18(19)7-10-20/h3,5,12,16-18,22H,2,4,6-9H2,1H3/t16-,17-,18+,19-/m1/s1. The summed E-state index contributed by atoms with van der Waals surface area (Å²) < 4.78 is 0. The van der Waals surface area contributed by atoms with Crippen LogP contribution in [0.2, 0.25) is 0 Å². The van der Waals surface area contributed by atoms with Crippen molar-refractivity contribution in [2.45, 2.75) is 51.4 Å². The van der Waals surface area contributed by atoms with Crippen LogP contribution in [0.5, 0.6) is 5.75 Å². The number of hydrogen-bond acceptors (Lipinski definition) is 3. The van der Waals surface area contributed by atoms with Crippen LogP contribution in [0.15, 0.2) is 18.2 Å². The van der Waals surface area contributed by atoms with E-state index in [4.69, 9.17) is 0 Å². The Morgan fingerprint density at radius 2 is 2.09 bits per heavy atom. The maximum absolute atomic E-state index is 9.69. The van der Waals surface area contributed by atoms with Gasteiger partial charge < -0.3 is 5.11 Å². The number of aryl methyl sites for hydroxylation is 1. The van der Waals surface area contributed by atoms with Crippen molar-refractivity contribution in [1.82, 2.24) is 0 Å². The Morgan fingerprint density at radius 3 is 2.82 bits per heavy atom. The summed E-state index contributed by atoms with van der Waals surface area (Å²) in [6.07, 6.45) is 5.22. The Labute approximate surface area is 132 Å². The summed E-state index contributed by atoms with van der Waals surface area (Å²) >= 11 is 0. The van der Waals surface area contributed by atoms with Crippen molar-refractivity contribution < 1.29 is 5.11 Å². The first-order valence-corrected chi connectivity index (χ1v) is 8.15. The number of nitriles is 2. The SMILES string of the molecule is C[C@]1(CC#N)CC[C@@H]2c3ccc(O)cc3CC[C@H]2[C@@H]1CC#N. The highest BCUT2D eigenvalue weighted by atomic mass is 16.3. The van der Waals surface area contributed by atoms with E-state index in [2.05, 4.69) is 25.1 Å². The van der Waals surface area contributed by atoms with Crippen molar-refractivity contribution >= 4 is 0 Å². The third kappa shape index (κ3) is 2.35. The highest BCUT2D eigenvalue weighted by molar-refractivity contribution is 5.40. The van der Waals surface area contributed by atoms with Crippen LogP contribution in [0.25, 0.3) is 0 Å². The van der Waals surface area contributed by atoms with Gasteiger partial charge in [-0.3, -0.25) is 0 Å². The third-order valence-corrected chi connectivity index (χ3v) is 6.02.